The third-order valence-corrected chi connectivity index (χ3v) is 11.4. The van der Waals surface area contributed by atoms with E-state index in [-0.39, 0.29) is 29.9 Å². The molecule has 2 saturated carbocycles. The number of unbranched alkanes of at least 4 members (excludes halogenated alkanes) is 24. The van der Waals surface area contributed by atoms with Gasteiger partial charge in [-0.15, -0.1) is 0 Å². The predicted octanol–water partition coefficient (Wildman–Crippen LogP) is 12.3. The van der Waals surface area contributed by atoms with Crippen molar-refractivity contribution in [3.63, 3.8) is 0 Å². The van der Waals surface area contributed by atoms with E-state index in [4.69, 9.17) is 0 Å². The zero-order valence-corrected chi connectivity index (χ0v) is 33.5. The average molecular weight is 731 g/mol. The number of aliphatic carboxylic acids is 2. The normalized spacial score (nSPS) is 15.3. The van der Waals surface area contributed by atoms with Crippen molar-refractivity contribution in [1.82, 2.24) is 0 Å². The minimum absolute atomic E-state index is 0. The second-order valence-electron chi connectivity index (χ2n) is 16.0. The number of rotatable bonds is 32. The van der Waals surface area contributed by atoms with Crippen molar-refractivity contribution >= 4 is 11.9 Å². The summed E-state index contributed by atoms with van der Waals surface area (Å²) in [5.41, 5.74) is 0. The van der Waals surface area contributed by atoms with Crippen LogP contribution in [0.25, 0.3) is 0 Å². The topological polar surface area (TPSA) is 80.3 Å². The third kappa shape index (κ3) is 37.0. The summed E-state index contributed by atoms with van der Waals surface area (Å²) in [4.78, 5) is 20.6. The molecule has 0 aromatic rings. The second-order valence-corrected chi connectivity index (χ2v) is 16.0. The Morgan fingerprint density at radius 3 is 0.755 bits per heavy atom. The average Bonchev–Trinajstić information content (AvgIpc) is 3.09. The Labute approximate surface area is 316 Å². The van der Waals surface area contributed by atoms with Crippen LogP contribution in [0.1, 0.15) is 257 Å². The largest absolute Gasteiger partial charge is 2.00 e. The zero-order chi connectivity index (χ0) is 34.6. The summed E-state index contributed by atoms with van der Waals surface area (Å²) in [6.07, 6.45) is 52.5. The molecule has 290 valence electrons. The van der Waals surface area contributed by atoms with Crippen LogP contribution in [0.5, 0.6) is 0 Å². The van der Waals surface area contributed by atoms with E-state index in [1.165, 1.54) is 218 Å². The fraction of sp³-hybridized carbons (Fsp3) is 0.955. The summed E-state index contributed by atoms with van der Waals surface area (Å²) in [7, 11) is 0. The van der Waals surface area contributed by atoms with E-state index in [1.807, 2.05) is 0 Å². The quantitative estimate of drug-likeness (QED) is 0.0510. The monoisotopic (exact) mass is 731 g/mol. The van der Waals surface area contributed by atoms with Crippen molar-refractivity contribution < 1.29 is 36.9 Å². The van der Waals surface area contributed by atoms with E-state index in [0.717, 1.165) is 37.5 Å². The first kappa shape index (κ1) is 48.5. The van der Waals surface area contributed by atoms with Crippen LogP contribution < -0.4 is 10.2 Å². The van der Waals surface area contributed by atoms with Crippen molar-refractivity contribution in [2.75, 3.05) is 0 Å². The molecule has 2 aliphatic rings. The van der Waals surface area contributed by atoms with Gasteiger partial charge in [-0.1, -0.05) is 231 Å². The molecule has 4 nitrogen and oxygen atoms in total. The minimum atomic E-state index is -0.899. The maximum absolute atomic E-state index is 10.3. The van der Waals surface area contributed by atoms with Gasteiger partial charge in [-0.2, -0.15) is 0 Å². The third-order valence-electron chi connectivity index (χ3n) is 11.4. The molecule has 0 N–H and O–H groups in total. The van der Waals surface area contributed by atoms with Crippen molar-refractivity contribution in [1.29, 1.82) is 0 Å². The standard InChI is InChI=1S/2C22H42O2.Fe/c2*23-22(24)20-16-11-9-7-5-3-1-2-4-6-8-10-13-17-21-18-14-12-15-19-21;/h2*21H,1-20H2,(H,23,24);/q;;+2/p-2. The first-order valence-corrected chi connectivity index (χ1v) is 22.0. The number of hydrogen-bond acceptors (Lipinski definition) is 4. The van der Waals surface area contributed by atoms with Crippen LogP contribution in [0.4, 0.5) is 0 Å². The number of carboxylic acid groups (broad SMARTS) is 2. The molecule has 0 atom stereocenters. The van der Waals surface area contributed by atoms with E-state index in [1.54, 1.807) is 0 Å². The van der Waals surface area contributed by atoms with Gasteiger partial charge >= 0.3 is 17.1 Å². The molecule has 0 unspecified atom stereocenters. The van der Waals surface area contributed by atoms with Crippen LogP contribution in [-0.4, -0.2) is 11.9 Å². The van der Waals surface area contributed by atoms with Crippen LogP contribution in [0, 0.1) is 11.8 Å². The molecule has 0 aromatic heterocycles. The molecular formula is C44H82FeO4. The Bertz CT molecular complexity index is 628. The Morgan fingerprint density at radius 2 is 0.531 bits per heavy atom. The van der Waals surface area contributed by atoms with Gasteiger partial charge in [0.1, 0.15) is 0 Å². The molecule has 0 heterocycles. The molecule has 0 saturated heterocycles. The first-order chi connectivity index (χ1) is 23.6. The Morgan fingerprint density at radius 1 is 0.327 bits per heavy atom. The molecule has 0 aliphatic heterocycles. The fourth-order valence-electron chi connectivity index (χ4n) is 8.25. The van der Waals surface area contributed by atoms with Gasteiger partial charge in [0.05, 0.1) is 0 Å². The molecule has 5 heteroatoms. The molecule has 0 amide bonds. The predicted molar refractivity (Wildman–Crippen MR) is 202 cm³/mol. The Balaban J connectivity index is 0.000000922. The van der Waals surface area contributed by atoms with Crippen LogP contribution in [0.2, 0.25) is 0 Å². The number of carbonyl (C=O) groups excluding carboxylic acids is 2. The second kappa shape index (κ2) is 38.7. The maximum atomic E-state index is 10.3. The molecule has 49 heavy (non-hydrogen) atoms. The summed E-state index contributed by atoms with van der Waals surface area (Å²) in [6.45, 7) is 0. The summed E-state index contributed by atoms with van der Waals surface area (Å²) in [6, 6.07) is 0. The van der Waals surface area contributed by atoms with Crippen molar-refractivity contribution in [2.24, 2.45) is 11.8 Å². The molecule has 2 aliphatic carbocycles. The van der Waals surface area contributed by atoms with Crippen LogP contribution in [0.15, 0.2) is 0 Å². The molecule has 0 aromatic carbocycles. The fourth-order valence-corrected chi connectivity index (χ4v) is 8.25. The van der Waals surface area contributed by atoms with Gasteiger partial charge in [0.15, 0.2) is 0 Å². The SMILES string of the molecule is O=C([O-])CCCCCCCCCCCCCCCC1CCCCC1.O=C([O-])CCCCCCCCCCCCCCCC1CCCCC1.[Fe+2]. The van der Waals surface area contributed by atoms with Crippen molar-refractivity contribution in [2.45, 2.75) is 257 Å². The first-order valence-electron chi connectivity index (χ1n) is 22.0. The molecule has 0 spiro atoms. The smallest absolute Gasteiger partial charge is 0.550 e. The van der Waals surface area contributed by atoms with Crippen molar-refractivity contribution in [3.05, 3.63) is 0 Å². The number of hydrogen-bond donors (Lipinski definition) is 0. The van der Waals surface area contributed by atoms with Gasteiger partial charge in [0, 0.05) is 11.9 Å². The van der Waals surface area contributed by atoms with Gasteiger partial charge in [-0.3, -0.25) is 0 Å². The van der Waals surface area contributed by atoms with Gasteiger partial charge < -0.3 is 19.8 Å². The van der Waals surface area contributed by atoms with E-state index < -0.39 is 11.9 Å². The van der Waals surface area contributed by atoms with E-state index in [2.05, 4.69) is 0 Å². The maximum Gasteiger partial charge on any atom is 2.00 e. The number of carbonyl (C=O) groups is 2. The number of carboxylic acids is 2. The van der Waals surface area contributed by atoms with Crippen LogP contribution >= 0.6 is 0 Å². The van der Waals surface area contributed by atoms with E-state index in [9.17, 15) is 19.8 Å². The van der Waals surface area contributed by atoms with Gasteiger partial charge in [-0.25, -0.2) is 0 Å². The van der Waals surface area contributed by atoms with E-state index >= 15 is 0 Å². The van der Waals surface area contributed by atoms with Gasteiger partial charge in [0.25, 0.3) is 0 Å². The van der Waals surface area contributed by atoms with Gasteiger partial charge in [-0.05, 0) is 37.5 Å². The molecular weight excluding hydrogens is 648 g/mol. The molecule has 0 radical (unpaired) electrons. The zero-order valence-electron chi connectivity index (χ0n) is 32.4. The summed E-state index contributed by atoms with van der Waals surface area (Å²) < 4.78 is 0. The molecule has 2 fully saturated rings. The molecule has 0 bridgehead atoms. The van der Waals surface area contributed by atoms with Crippen LogP contribution in [-0.2, 0) is 26.7 Å². The Kier molecular flexibility index (Phi) is 38.3. The minimum Gasteiger partial charge on any atom is -0.550 e. The Hall–Kier alpha value is -0.541. The summed E-state index contributed by atoms with van der Waals surface area (Å²) >= 11 is 0. The van der Waals surface area contributed by atoms with Crippen molar-refractivity contribution in [3.8, 4) is 0 Å². The molecule has 2 rings (SSSR count). The van der Waals surface area contributed by atoms with E-state index in [0.29, 0.717) is 0 Å². The van der Waals surface area contributed by atoms with Crippen LogP contribution in [0.3, 0.4) is 0 Å². The summed E-state index contributed by atoms with van der Waals surface area (Å²) in [5.74, 6) is 0.340. The van der Waals surface area contributed by atoms with Gasteiger partial charge in [0.2, 0.25) is 0 Å². The summed E-state index contributed by atoms with van der Waals surface area (Å²) in [5, 5.41) is 20.6.